The van der Waals surface area contributed by atoms with Crippen LogP contribution in [0.3, 0.4) is 0 Å². The lowest BCUT2D eigenvalue weighted by molar-refractivity contribution is 0.0524. The lowest BCUT2D eigenvalue weighted by Gasteiger charge is -2.19. The quantitative estimate of drug-likeness (QED) is 0.0865. The Morgan fingerprint density at radius 3 is 1.23 bits per heavy atom. The molecule has 0 bridgehead atoms. The summed E-state index contributed by atoms with van der Waals surface area (Å²) >= 11 is 14.7. The summed E-state index contributed by atoms with van der Waals surface area (Å²) < 4.78 is 10.1. The smallest absolute Gasteiger partial charge is 0.407 e. The number of nitrogens with one attached hydrogen (secondary N) is 1. The van der Waals surface area contributed by atoms with Gasteiger partial charge in [-0.05, 0) is 125 Å². The number of amides is 1. The molecule has 0 saturated heterocycles. The van der Waals surface area contributed by atoms with Gasteiger partial charge in [0.05, 0.1) is 11.9 Å². The van der Waals surface area contributed by atoms with Crippen molar-refractivity contribution >= 4 is 75.7 Å². The van der Waals surface area contributed by atoms with Gasteiger partial charge >= 0.3 is 6.09 Å². The molecule has 0 atom stereocenters. The number of ether oxygens (including phenoxy) is 2. The normalized spacial score (nSPS) is 10.3. The Hall–Kier alpha value is -3.43. The Labute approximate surface area is 411 Å². The number of halogens is 3. The first kappa shape index (κ1) is 58.6. The molecule has 0 aliphatic rings. The van der Waals surface area contributed by atoms with Crippen molar-refractivity contribution in [1.29, 1.82) is 0 Å². The third-order valence-corrected chi connectivity index (χ3v) is 12.1. The third-order valence-electron chi connectivity index (χ3n) is 8.69. The minimum Gasteiger partial charge on any atom is -0.444 e. The molecule has 6 aromatic heterocycles. The number of carbonyl (C=O) groups is 1. The van der Waals surface area contributed by atoms with Crippen LogP contribution in [0.4, 0.5) is 4.79 Å². The summed E-state index contributed by atoms with van der Waals surface area (Å²) in [5.74, 6) is 0. The molecule has 0 aliphatic carbocycles. The molecule has 6 aromatic rings. The first-order valence-corrected chi connectivity index (χ1v) is 25.1. The van der Waals surface area contributed by atoms with Crippen molar-refractivity contribution in [2.45, 2.75) is 119 Å². The summed E-state index contributed by atoms with van der Waals surface area (Å²) in [6.07, 6.45) is 17.7. The Morgan fingerprint density at radius 2 is 0.953 bits per heavy atom. The summed E-state index contributed by atoms with van der Waals surface area (Å²) in [5, 5.41) is 2.99. The lowest BCUT2D eigenvalue weighted by Crippen LogP contribution is -2.31. The number of alkyl carbamates (subject to hydrolysis) is 1. The van der Waals surface area contributed by atoms with Gasteiger partial charge in [-0.2, -0.15) is 0 Å². The van der Waals surface area contributed by atoms with Crippen molar-refractivity contribution in [1.82, 2.24) is 20.3 Å². The van der Waals surface area contributed by atoms with E-state index in [1.165, 1.54) is 57.8 Å². The fourth-order valence-corrected chi connectivity index (χ4v) is 8.81. The number of nitrogens with zero attached hydrogens (tertiary/aromatic N) is 3. The molecular formula is C49H69Cl3N6O3S3. The van der Waals surface area contributed by atoms with Crippen LogP contribution in [0.25, 0.3) is 31.3 Å². The van der Waals surface area contributed by atoms with Gasteiger partial charge in [0.1, 0.15) is 5.60 Å². The second kappa shape index (κ2) is 34.0. The Kier molecular flexibility index (Phi) is 31.1. The van der Waals surface area contributed by atoms with Crippen molar-refractivity contribution < 1.29 is 14.3 Å². The van der Waals surface area contributed by atoms with Gasteiger partial charge in [0.25, 0.3) is 0 Å². The van der Waals surface area contributed by atoms with Gasteiger partial charge in [-0.3, -0.25) is 15.0 Å². The Bertz CT molecular complexity index is 2050. The van der Waals surface area contributed by atoms with E-state index >= 15 is 0 Å². The highest BCUT2D eigenvalue weighted by Gasteiger charge is 2.16. The van der Waals surface area contributed by atoms with Crippen molar-refractivity contribution in [3.8, 4) is 31.3 Å². The summed E-state index contributed by atoms with van der Waals surface area (Å²) in [6, 6.07) is 18.9. The standard InChI is InChI=1S/C18H24N2O2S.2C13H16N2S.C4H10O.CH2Cl2.ClH/c1-5-6-13-9-10-19-12-15(13)16-8-7-14(23-16)11-20-17(21)22-18(2,3)4;2*1-2-3-10-6-7-15-9-12(10)13-5-4-11(8-14)16-13;1-3-5-4-2;2-1-3;/h7-10,12H,5-6,11H2,1-4H3,(H,20,21);2*4-7,9H,2-3,8,14H2,1H3;3-4H2,1-2H3;1H2;1H. The molecule has 9 nitrogen and oxygen atoms in total. The number of aromatic nitrogens is 3. The van der Waals surface area contributed by atoms with Crippen LogP contribution in [-0.4, -0.2) is 45.2 Å². The number of hydrogen-bond acceptors (Lipinski definition) is 11. The monoisotopic (exact) mass is 990 g/mol. The molecule has 0 aromatic carbocycles. The van der Waals surface area contributed by atoms with E-state index in [1.807, 2.05) is 77.9 Å². The minimum atomic E-state index is -0.477. The number of aryl methyl sites for hydroxylation is 3. The fourth-order valence-electron chi connectivity index (χ4n) is 5.96. The van der Waals surface area contributed by atoms with Gasteiger partial charge in [-0.1, -0.05) is 40.0 Å². The van der Waals surface area contributed by atoms with E-state index in [1.54, 1.807) is 34.0 Å². The summed E-state index contributed by atoms with van der Waals surface area (Å²) in [4.78, 5) is 31.7. The molecule has 0 unspecified atom stereocenters. The van der Waals surface area contributed by atoms with Gasteiger partial charge in [0.15, 0.2) is 0 Å². The predicted molar refractivity (Wildman–Crippen MR) is 279 cm³/mol. The highest BCUT2D eigenvalue weighted by molar-refractivity contribution is 7.16. The minimum absolute atomic E-state index is 0. The van der Waals surface area contributed by atoms with E-state index in [-0.39, 0.29) is 23.8 Å². The van der Waals surface area contributed by atoms with Crippen LogP contribution in [0.2, 0.25) is 0 Å². The highest BCUT2D eigenvalue weighted by Crippen LogP contribution is 2.33. The molecular weight excluding hydrogens is 923 g/mol. The first-order chi connectivity index (χ1) is 30.4. The molecule has 352 valence electrons. The number of nitrogens with two attached hydrogens (primary N) is 2. The molecule has 15 heteroatoms. The molecule has 6 rings (SSSR count). The van der Waals surface area contributed by atoms with Crippen LogP contribution in [0, 0.1) is 0 Å². The van der Waals surface area contributed by atoms with Gasteiger partial charge < -0.3 is 26.3 Å². The molecule has 64 heavy (non-hydrogen) atoms. The first-order valence-electron chi connectivity index (χ1n) is 21.5. The van der Waals surface area contributed by atoms with Crippen LogP contribution >= 0.6 is 69.6 Å². The summed E-state index contributed by atoms with van der Waals surface area (Å²) in [7, 11) is 0. The average molecular weight is 993 g/mol. The van der Waals surface area contributed by atoms with E-state index < -0.39 is 5.60 Å². The van der Waals surface area contributed by atoms with Gasteiger partial charge in [-0.25, -0.2) is 4.79 Å². The summed E-state index contributed by atoms with van der Waals surface area (Å²) in [6.45, 7) is 19.5. The molecule has 0 radical (unpaired) electrons. The molecule has 0 fully saturated rings. The molecule has 0 spiro atoms. The van der Waals surface area contributed by atoms with Gasteiger partial charge in [0.2, 0.25) is 0 Å². The molecule has 5 N–H and O–H groups in total. The zero-order valence-corrected chi connectivity index (χ0v) is 43.5. The van der Waals surface area contributed by atoms with Crippen LogP contribution in [0.5, 0.6) is 0 Å². The fraction of sp³-hybridized carbons (Fsp3) is 0.429. The average Bonchev–Trinajstić information content (AvgIpc) is 4.07. The number of carbonyl (C=O) groups excluding carboxylic acids is 1. The number of hydrogen-bond donors (Lipinski definition) is 3. The molecule has 1 amide bonds. The van der Waals surface area contributed by atoms with Crippen LogP contribution in [0.15, 0.2) is 91.8 Å². The third kappa shape index (κ3) is 22.2. The summed E-state index contributed by atoms with van der Waals surface area (Å²) in [5.41, 5.74) is 18.6. The van der Waals surface area contributed by atoms with Crippen LogP contribution < -0.4 is 16.8 Å². The number of alkyl halides is 2. The van der Waals surface area contributed by atoms with Gasteiger partial charge in [-0.15, -0.1) is 69.6 Å². The lowest BCUT2D eigenvalue weighted by atomic mass is 10.0. The van der Waals surface area contributed by atoms with E-state index in [0.717, 1.165) is 56.6 Å². The van der Waals surface area contributed by atoms with Gasteiger partial charge in [0, 0.05) is 109 Å². The maximum atomic E-state index is 11.7. The Balaban J connectivity index is 0.000000446. The van der Waals surface area contributed by atoms with E-state index in [4.69, 9.17) is 44.1 Å². The SMILES string of the molecule is CCCc1ccncc1-c1ccc(CN)s1.CCCc1ccncc1-c1ccc(CN)s1.CCCc1ccncc1-c1ccc(CNC(=O)OC(C)(C)C)s1.CCOCC.Cl.ClCCl. The van der Waals surface area contributed by atoms with E-state index in [2.05, 4.69) is 89.6 Å². The van der Waals surface area contributed by atoms with Crippen molar-refractivity contribution in [3.05, 3.63) is 123 Å². The molecule has 0 aliphatic heterocycles. The zero-order chi connectivity index (χ0) is 46.5. The van der Waals surface area contributed by atoms with Crippen LogP contribution in [-0.2, 0) is 48.4 Å². The maximum Gasteiger partial charge on any atom is 0.407 e. The number of pyridine rings is 3. The second-order valence-corrected chi connectivity index (χ2v) is 19.1. The van der Waals surface area contributed by atoms with E-state index in [9.17, 15) is 4.79 Å². The topological polar surface area (TPSA) is 138 Å². The van der Waals surface area contributed by atoms with Crippen LogP contribution in [0.1, 0.15) is 106 Å². The van der Waals surface area contributed by atoms with Crippen molar-refractivity contribution in [2.75, 3.05) is 18.6 Å². The van der Waals surface area contributed by atoms with Crippen molar-refractivity contribution in [2.24, 2.45) is 11.5 Å². The Morgan fingerprint density at radius 1 is 0.609 bits per heavy atom. The number of thiophene rings is 3. The molecule has 6 heterocycles. The zero-order valence-electron chi connectivity index (χ0n) is 38.8. The molecule has 0 saturated carbocycles. The predicted octanol–water partition coefficient (Wildman–Crippen LogP) is 14.1. The maximum absolute atomic E-state index is 11.7. The van der Waals surface area contributed by atoms with E-state index in [0.29, 0.717) is 19.6 Å². The number of rotatable bonds is 15. The second-order valence-electron chi connectivity index (χ2n) is 14.8. The van der Waals surface area contributed by atoms with Crippen molar-refractivity contribution in [3.63, 3.8) is 0 Å². The highest BCUT2D eigenvalue weighted by atomic mass is 35.5. The largest absolute Gasteiger partial charge is 0.444 e.